The Bertz CT molecular complexity index is 209. The largest absolute Gasteiger partial charge is 0.313 e. The second kappa shape index (κ2) is 6.75. The molecule has 0 aromatic heterocycles. The average Bonchev–Trinajstić information content (AvgIpc) is 2.83. The maximum Gasteiger partial charge on any atom is 0.0246 e. The summed E-state index contributed by atoms with van der Waals surface area (Å²) < 4.78 is 0. The third-order valence-electron chi connectivity index (χ3n) is 4.78. The lowest BCUT2D eigenvalue weighted by molar-refractivity contribution is 0.132. The lowest BCUT2D eigenvalue weighted by atomic mass is 9.88. The van der Waals surface area contributed by atoms with E-state index in [1.165, 1.54) is 57.9 Å². The van der Waals surface area contributed by atoms with Crippen LogP contribution in [0, 0.1) is 5.92 Å². The Morgan fingerprint density at radius 3 is 2.35 bits per heavy atom. The van der Waals surface area contributed by atoms with Gasteiger partial charge in [-0.25, -0.2) is 0 Å². The predicted octanol–water partition coefficient (Wildman–Crippen LogP) is 3.03. The SMILES string of the molecule is CCNC1CCCCC1N(C)CC1CCCC1. The third kappa shape index (κ3) is 3.69. The van der Waals surface area contributed by atoms with E-state index >= 15 is 0 Å². The molecule has 0 aliphatic heterocycles. The van der Waals surface area contributed by atoms with Crippen molar-refractivity contribution in [1.82, 2.24) is 10.2 Å². The molecule has 2 atom stereocenters. The zero-order chi connectivity index (χ0) is 12.1. The first kappa shape index (κ1) is 13.4. The van der Waals surface area contributed by atoms with Crippen LogP contribution in [0.15, 0.2) is 0 Å². The molecule has 17 heavy (non-hydrogen) atoms. The summed E-state index contributed by atoms with van der Waals surface area (Å²) in [7, 11) is 2.36. The highest BCUT2D eigenvalue weighted by Gasteiger charge is 2.29. The van der Waals surface area contributed by atoms with Crippen molar-refractivity contribution in [3.05, 3.63) is 0 Å². The zero-order valence-electron chi connectivity index (χ0n) is 11.8. The van der Waals surface area contributed by atoms with Crippen molar-refractivity contribution in [2.75, 3.05) is 20.1 Å². The van der Waals surface area contributed by atoms with Gasteiger partial charge in [-0.05, 0) is 45.2 Å². The van der Waals surface area contributed by atoms with E-state index in [9.17, 15) is 0 Å². The molecule has 1 N–H and O–H groups in total. The maximum atomic E-state index is 3.70. The van der Waals surface area contributed by atoms with Crippen LogP contribution < -0.4 is 5.32 Å². The van der Waals surface area contributed by atoms with Gasteiger partial charge < -0.3 is 10.2 Å². The quantitative estimate of drug-likeness (QED) is 0.792. The molecule has 0 spiro atoms. The van der Waals surface area contributed by atoms with Crippen molar-refractivity contribution in [3.8, 4) is 0 Å². The Morgan fingerprint density at radius 2 is 1.65 bits per heavy atom. The van der Waals surface area contributed by atoms with Crippen molar-refractivity contribution >= 4 is 0 Å². The lowest BCUT2D eigenvalue weighted by Gasteiger charge is -2.39. The summed E-state index contributed by atoms with van der Waals surface area (Å²) in [6, 6.07) is 1.55. The number of nitrogens with zero attached hydrogens (tertiary/aromatic N) is 1. The summed E-state index contributed by atoms with van der Waals surface area (Å²) in [6.45, 7) is 4.70. The van der Waals surface area contributed by atoms with Gasteiger partial charge in [-0.1, -0.05) is 32.6 Å². The van der Waals surface area contributed by atoms with E-state index in [-0.39, 0.29) is 0 Å². The van der Waals surface area contributed by atoms with Crippen LogP contribution in [0.25, 0.3) is 0 Å². The third-order valence-corrected chi connectivity index (χ3v) is 4.78. The van der Waals surface area contributed by atoms with Gasteiger partial charge in [-0.15, -0.1) is 0 Å². The summed E-state index contributed by atoms with van der Waals surface area (Å²) >= 11 is 0. The van der Waals surface area contributed by atoms with Gasteiger partial charge in [0.25, 0.3) is 0 Å². The van der Waals surface area contributed by atoms with Gasteiger partial charge in [0.2, 0.25) is 0 Å². The van der Waals surface area contributed by atoms with Gasteiger partial charge in [0, 0.05) is 18.6 Å². The minimum Gasteiger partial charge on any atom is -0.313 e. The van der Waals surface area contributed by atoms with Crippen LogP contribution in [-0.2, 0) is 0 Å². The van der Waals surface area contributed by atoms with Gasteiger partial charge >= 0.3 is 0 Å². The topological polar surface area (TPSA) is 15.3 Å². The molecule has 2 aliphatic rings. The molecule has 2 fully saturated rings. The minimum atomic E-state index is 0.750. The molecule has 2 rings (SSSR count). The van der Waals surface area contributed by atoms with E-state index < -0.39 is 0 Å². The smallest absolute Gasteiger partial charge is 0.0246 e. The Hall–Kier alpha value is -0.0800. The first-order valence-corrected chi connectivity index (χ1v) is 7.75. The molecule has 0 radical (unpaired) electrons. The molecule has 2 aliphatic carbocycles. The van der Waals surface area contributed by atoms with E-state index in [4.69, 9.17) is 0 Å². The lowest BCUT2D eigenvalue weighted by Crippen LogP contribution is -2.51. The van der Waals surface area contributed by atoms with Crippen LogP contribution in [-0.4, -0.2) is 37.1 Å². The highest BCUT2D eigenvalue weighted by molar-refractivity contribution is 4.88. The summed E-state index contributed by atoms with van der Waals surface area (Å²) in [4.78, 5) is 2.67. The first-order valence-electron chi connectivity index (χ1n) is 7.75. The number of nitrogens with one attached hydrogen (secondary N) is 1. The Labute approximate surface area is 107 Å². The molecule has 100 valence electrons. The highest BCUT2D eigenvalue weighted by Crippen LogP contribution is 2.28. The molecule has 0 heterocycles. The minimum absolute atomic E-state index is 0.750. The van der Waals surface area contributed by atoms with Gasteiger partial charge in [0.05, 0.1) is 0 Å². The number of rotatable bonds is 5. The monoisotopic (exact) mass is 238 g/mol. The van der Waals surface area contributed by atoms with Crippen molar-refractivity contribution in [2.24, 2.45) is 5.92 Å². The second-order valence-electron chi connectivity index (χ2n) is 6.11. The summed E-state index contributed by atoms with van der Waals surface area (Å²) in [5.74, 6) is 0.990. The fourth-order valence-corrected chi connectivity index (χ4v) is 3.87. The van der Waals surface area contributed by atoms with Crippen molar-refractivity contribution in [3.63, 3.8) is 0 Å². The van der Waals surface area contributed by atoms with Crippen LogP contribution >= 0.6 is 0 Å². The van der Waals surface area contributed by atoms with E-state index in [0.29, 0.717) is 0 Å². The summed E-state index contributed by atoms with van der Waals surface area (Å²) in [6.07, 6.45) is 11.5. The predicted molar refractivity (Wildman–Crippen MR) is 74.3 cm³/mol. The van der Waals surface area contributed by atoms with Gasteiger partial charge in [0.15, 0.2) is 0 Å². The standard InChI is InChI=1S/C15H30N2/c1-3-16-14-10-6-7-11-15(14)17(2)12-13-8-4-5-9-13/h13-16H,3-12H2,1-2H3. The maximum absolute atomic E-state index is 3.70. The molecule has 0 saturated heterocycles. The van der Waals surface area contributed by atoms with Gasteiger partial charge in [-0.3, -0.25) is 0 Å². The molecule has 0 amide bonds. The zero-order valence-corrected chi connectivity index (χ0v) is 11.8. The molecular weight excluding hydrogens is 208 g/mol. The first-order chi connectivity index (χ1) is 8.31. The molecule has 0 aromatic carbocycles. The van der Waals surface area contributed by atoms with E-state index in [0.717, 1.165) is 24.5 Å². The van der Waals surface area contributed by atoms with Crippen molar-refractivity contribution in [2.45, 2.75) is 70.4 Å². The van der Waals surface area contributed by atoms with Crippen LogP contribution in [0.4, 0.5) is 0 Å². The average molecular weight is 238 g/mol. The van der Waals surface area contributed by atoms with Crippen LogP contribution in [0.2, 0.25) is 0 Å². The molecule has 2 heteroatoms. The number of hydrogen-bond donors (Lipinski definition) is 1. The fraction of sp³-hybridized carbons (Fsp3) is 1.00. The number of likely N-dealkylation sites (N-methyl/N-ethyl adjacent to an activating group) is 2. The Morgan fingerprint density at radius 1 is 1.00 bits per heavy atom. The van der Waals surface area contributed by atoms with Crippen LogP contribution in [0.3, 0.4) is 0 Å². The number of hydrogen-bond acceptors (Lipinski definition) is 2. The Kier molecular flexibility index (Phi) is 5.30. The summed E-state index contributed by atoms with van der Waals surface area (Å²) in [5.41, 5.74) is 0. The van der Waals surface area contributed by atoms with E-state index in [1.807, 2.05) is 0 Å². The Balaban J connectivity index is 1.83. The van der Waals surface area contributed by atoms with Gasteiger partial charge in [-0.2, -0.15) is 0 Å². The second-order valence-corrected chi connectivity index (χ2v) is 6.11. The van der Waals surface area contributed by atoms with Gasteiger partial charge in [0.1, 0.15) is 0 Å². The summed E-state index contributed by atoms with van der Waals surface area (Å²) in [5, 5.41) is 3.70. The molecule has 0 aromatic rings. The molecule has 0 bridgehead atoms. The fourth-order valence-electron chi connectivity index (χ4n) is 3.87. The van der Waals surface area contributed by atoms with Crippen molar-refractivity contribution in [1.29, 1.82) is 0 Å². The molecule has 2 unspecified atom stereocenters. The highest BCUT2D eigenvalue weighted by atomic mass is 15.2. The van der Waals surface area contributed by atoms with E-state index in [2.05, 4.69) is 24.2 Å². The van der Waals surface area contributed by atoms with Crippen molar-refractivity contribution < 1.29 is 0 Å². The molecule has 2 nitrogen and oxygen atoms in total. The normalized spacial score (nSPS) is 31.2. The van der Waals surface area contributed by atoms with Crippen LogP contribution in [0.5, 0.6) is 0 Å². The molecular formula is C15H30N2. The van der Waals surface area contributed by atoms with Crippen LogP contribution in [0.1, 0.15) is 58.3 Å². The molecule has 2 saturated carbocycles. The van der Waals surface area contributed by atoms with E-state index in [1.54, 1.807) is 0 Å².